The first kappa shape index (κ1) is 18.9. The third-order valence-electron chi connectivity index (χ3n) is 6.57. The van der Waals surface area contributed by atoms with E-state index in [0.717, 1.165) is 88.7 Å². The Morgan fingerprint density at radius 3 is 2.56 bits per heavy atom. The molecule has 1 spiro atoms. The van der Waals surface area contributed by atoms with Crippen LogP contribution in [0.15, 0.2) is 4.52 Å². The molecule has 0 aliphatic carbocycles. The molecule has 0 bridgehead atoms. The van der Waals surface area contributed by atoms with Crippen LogP contribution in [0.1, 0.15) is 42.7 Å². The second-order valence-electron chi connectivity index (χ2n) is 8.19. The van der Waals surface area contributed by atoms with Gasteiger partial charge in [0.05, 0.1) is 30.9 Å². The lowest BCUT2D eigenvalue weighted by Gasteiger charge is -2.49. The molecule has 0 radical (unpaired) electrons. The Hall–Kier alpha value is -1.44. The van der Waals surface area contributed by atoms with Crippen LogP contribution in [-0.4, -0.2) is 78.5 Å². The molecular weight excluding hydrogens is 346 g/mol. The van der Waals surface area contributed by atoms with Gasteiger partial charge in [0.15, 0.2) is 0 Å². The zero-order valence-electron chi connectivity index (χ0n) is 16.5. The molecule has 0 aromatic carbocycles. The van der Waals surface area contributed by atoms with Crippen molar-refractivity contribution in [1.29, 1.82) is 0 Å². The third kappa shape index (κ3) is 4.05. The van der Waals surface area contributed by atoms with E-state index in [1.807, 2.05) is 18.7 Å². The fourth-order valence-corrected chi connectivity index (χ4v) is 4.79. The number of hydrogen-bond donors (Lipinski definition) is 0. The van der Waals surface area contributed by atoms with E-state index in [-0.39, 0.29) is 11.5 Å². The predicted octanol–water partition coefficient (Wildman–Crippen LogP) is 1.71. The highest BCUT2D eigenvalue weighted by atomic mass is 16.5. The highest BCUT2D eigenvalue weighted by Gasteiger charge is 2.42. The zero-order valence-corrected chi connectivity index (χ0v) is 16.5. The Kier molecular flexibility index (Phi) is 5.53. The first-order valence-electron chi connectivity index (χ1n) is 10.2. The normalized spacial score (nSPS) is 26.4. The lowest BCUT2D eigenvalue weighted by Crippen LogP contribution is -2.56. The summed E-state index contributed by atoms with van der Waals surface area (Å²) in [6, 6.07) is 0.590. The van der Waals surface area contributed by atoms with Crippen LogP contribution in [0, 0.1) is 13.8 Å². The van der Waals surface area contributed by atoms with E-state index in [1.165, 1.54) is 0 Å². The van der Waals surface area contributed by atoms with E-state index in [1.54, 1.807) is 0 Å². The molecule has 7 nitrogen and oxygen atoms in total. The molecule has 7 heteroatoms. The number of carbonyl (C=O) groups excluding carboxylic acids is 1. The summed E-state index contributed by atoms with van der Waals surface area (Å²) in [5, 5.41) is 3.96. The summed E-state index contributed by atoms with van der Waals surface area (Å²) in [7, 11) is 0. The Morgan fingerprint density at radius 2 is 1.89 bits per heavy atom. The van der Waals surface area contributed by atoms with Crippen LogP contribution in [0.25, 0.3) is 0 Å². The summed E-state index contributed by atoms with van der Waals surface area (Å²) >= 11 is 0. The van der Waals surface area contributed by atoms with Crippen molar-refractivity contribution in [3.05, 3.63) is 17.0 Å². The Labute approximate surface area is 160 Å². The van der Waals surface area contributed by atoms with Crippen LogP contribution < -0.4 is 0 Å². The number of aryl methyl sites for hydroxylation is 2. The fraction of sp³-hybridized carbons (Fsp3) is 0.800. The van der Waals surface area contributed by atoms with Crippen LogP contribution in [0.4, 0.5) is 0 Å². The van der Waals surface area contributed by atoms with Crippen LogP contribution in [-0.2, 0) is 20.7 Å². The topological polar surface area (TPSA) is 68.0 Å². The highest BCUT2D eigenvalue weighted by molar-refractivity contribution is 5.79. The Bertz CT molecular complexity index is 641. The summed E-state index contributed by atoms with van der Waals surface area (Å²) in [5.41, 5.74) is 1.70. The lowest BCUT2D eigenvalue weighted by atomic mass is 9.81. The summed E-state index contributed by atoms with van der Waals surface area (Å²) < 4.78 is 17.0. The van der Waals surface area contributed by atoms with Gasteiger partial charge in [-0.15, -0.1) is 0 Å². The van der Waals surface area contributed by atoms with Gasteiger partial charge in [-0.2, -0.15) is 0 Å². The summed E-state index contributed by atoms with van der Waals surface area (Å²) in [5.74, 6) is 0.915. The average molecular weight is 377 g/mol. The first-order chi connectivity index (χ1) is 13.1. The van der Waals surface area contributed by atoms with Crippen LogP contribution in [0.5, 0.6) is 0 Å². The number of rotatable bonds is 3. The van der Waals surface area contributed by atoms with Crippen LogP contribution >= 0.6 is 0 Å². The van der Waals surface area contributed by atoms with Crippen molar-refractivity contribution in [3.63, 3.8) is 0 Å². The molecule has 3 aliphatic heterocycles. The van der Waals surface area contributed by atoms with E-state index >= 15 is 0 Å². The van der Waals surface area contributed by atoms with Gasteiger partial charge in [-0.1, -0.05) is 5.16 Å². The molecule has 0 N–H and O–H groups in total. The second-order valence-corrected chi connectivity index (χ2v) is 8.19. The quantitative estimate of drug-likeness (QED) is 0.799. The minimum atomic E-state index is -0.0545. The lowest BCUT2D eigenvalue weighted by molar-refractivity contribution is -0.151. The van der Waals surface area contributed by atoms with Gasteiger partial charge in [0.1, 0.15) is 5.76 Å². The van der Waals surface area contributed by atoms with Crippen molar-refractivity contribution in [3.8, 4) is 0 Å². The summed E-state index contributed by atoms with van der Waals surface area (Å²) in [6.07, 6.45) is 4.43. The molecule has 150 valence electrons. The molecule has 4 heterocycles. The molecule has 27 heavy (non-hydrogen) atoms. The number of ether oxygens (including phenoxy) is 2. The monoisotopic (exact) mass is 377 g/mol. The number of carbonyl (C=O) groups is 1. The highest BCUT2D eigenvalue weighted by Crippen LogP contribution is 2.37. The average Bonchev–Trinajstić information content (AvgIpc) is 3.01. The third-order valence-corrected chi connectivity index (χ3v) is 6.57. The van der Waals surface area contributed by atoms with Gasteiger partial charge in [0.25, 0.3) is 0 Å². The number of amides is 1. The maximum absolute atomic E-state index is 12.7. The number of likely N-dealkylation sites (tertiary alicyclic amines) is 1. The van der Waals surface area contributed by atoms with Crippen LogP contribution in [0.2, 0.25) is 0 Å². The van der Waals surface area contributed by atoms with Gasteiger partial charge in [0, 0.05) is 44.4 Å². The van der Waals surface area contributed by atoms with Crippen molar-refractivity contribution < 1.29 is 18.8 Å². The predicted molar refractivity (Wildman–Crippen MR) is 99.6 cm³/mol. The van der Waals surface area contributed by atoms with E-state index in [4.69, 9.17) is 14.0 Å². The van der Waals surface area contributed by atoms with Crippen LogP contribution in [0.3, 0.4) is 0 Å². The van der Waals surface area contributed by atoms with E-state index in [0.29, 0.717) is 12.5 Å². The SMILES string of the molecule is Cc1noc(C)c1CC(=O)N1CCC2(CC1)CC(N1CCOCC1)CCO2. The summed E-state index contributed by atoms with van der Waals surface area (Å²) in [6.45, 7) is 9.89. The maximum Gasteiger partial charge on any atom is 0.227 e. The molecule has 1 unspecified atom stereocenters. The number of morpholine rings is 1. The first-order valence-corrected chi connectivity index (χ1v) is 10.2. The fourth-order valence-electron chi connectivity index (χ4n) is 4.79. The number of aromatic nitrogens is 1. The molecule has 1 amide bonds. The largest absolute Gasteiger partial charge is 0.379 e. The maximum atomic E-state index is 12.7. The smallest absolute Gasteiger partial charge is 0.227 e. The van der Waals surface area contributed by atoms with Crippen molar-refractivity contribution >= 4 is 5.91 Å². The van der Waals surface area contributed by atoms with E-state index in [2.05, 4.69) is 10.1 Å². The van der Waals surface area contributed by atoms with Gasteiger partial charge in [-0.3, -0.25) is 9.69 Å². The minimum absolute atomic E-state index is 0.0545. The second kappa shape index (κ2) is 7.89. The zero-order chi connectivity index (χ0) is 18.9. The molecule has 1 aromatic heterocycles. The van der Waals surface area contributed by atoms with Crippen molar-refractivity contribution in [2.75, 3.05) is 46.0 Å². The molecule has 4 rings (SSSR count). The van der Waals surface area contributed by atoms with Crippen molar-refractivity contribution in [2.45, 2.75) is 57.6 Å². The number of piperidine rings is 1. The van der Waals surface area contributed by atoms with Crippen molar-refractivity contribution in [1.82, 2.24) is 15.0 Å². The molecule has 3 fully saturated rings. The standard InChI is InChI=1S/C20H31N3O4/c1-15-18(16(2)27-21-15)13-19(24)23-6-4-20(5-7-23)14-17(3-10-26-20)22-8-11-25-12-9-22/h17H,3-14H2,1-2H3. The van der Waals surface area contributed by atoms with Gasteiger partial charge < -0.3 is 18.9 Å². The van der Waals surface area contributed by atoms with Gasteiger partial charge in [-0.05, 0) is 39.5 Å². The summed E-state index contributed by atoms with van der Waals surface area (Å²) in [4.78, 5) is 17.3. The number of hydrogen-bond acceptors (Lipinski definition) is 6. The van der Waals surface area contributed by atoms with Gasteiger partial charge in [-0.25, -0.2) is 0 Å². The molecule has 3 saturated heterocycles. The van der Waals surface area contributed by atoms with Gasteiger partial charge in [0.2, 0.25) is 5.91 Å². The molecule has 0 saturated carbocycles. The molecule has 3 aliphatic rings. The molecular formula is C20H31N3O4. The van der Waals surface area contributed by atoms with E-state index < -0.39 is 0 Å². The molecule has 1 atom stereocenters. The Morgan fingerprint density at radius 1 is 1.15 bits per heavy atom. The number of nitrogens with zero attached hydrogens (tertiary/aromatic N) is 3. The van der Waals surface area contributed by atoms with Gasteiger partial charge >= 0.3 is 0 Å². The van der Waals surface area contributed by atoms with Crippen molar-refractivity contribution in [2.24, 2.45) is 0 Å². The minimum Gasteiger partial charge on any atom is -0.379 e. The van der Waals surface area contributed by atoms with E-state index in [9.17, 15) is 4.79 Å². The Balaban J connectivity index is 1.33. The molecule has 1 aromatic rings.